The summed E-state index contributed by atoms with van der Waals surface area (Å²) < 4.78 is 0. The van der Waals surface area contributed by atoms with Gasteiger partial charge in [0, 0.05) is 12.2 Å². The van der Waals surface area contributed by atoms with Gasteiger partial charge in [0.15, 0.2) is 0 Å². The van der Waals surface area contributed by atoms with Crippen LogP contribution in [0, 0.1) is 0 Å². The molecule has 0 aliphatic heterocycles. The van der Waals surface area contributed by atoms with E-state index in [-0.39, 0.29) is 13.2 Å². The van der Waals surface area contributed by atoms with E-state index >= 15 is 0 Å². The van der Waals surface area contributed by atoms with Crippen molar-refractivity contribution >= 4 is 17.5 Å². The number of rotatable bonds is 3. The number of anilines is 1. The highest BCUT2D eigenvalue weighted by molar-refractivity contribution is 6.39. The van der Waals surface area contributed by atoms with Crippen LogP contribution >= 0.6 is 0 Å². The Bertz CT molecular complexity index is 338. The summed E-state index contributed by atoms with van der Waals surface area (Å²) >= 11 is 0. The zero-order chi connectivity index (χ0) is 11.1. The molecule has 0 fully saturated rings. The molecule has 1 aromatic carbocycles. The number of hydrogen-bond donors (Lipinski definition) is 3. The Morgan fingerprint density at radius 2 is 1.80 bits per heavy atom. The lowest BCUT2D eigenvalue weighted by Gasteiger charge is -2.04. The molecular formula is C10H12N2O3. The molecule has 1 aromatic rings. The summed E-state index contributed by atoms with van der Waals surface area (Å²) in [6.07, 6.45) is 0. The highest BCUT2D eigenvalue weighted by atomic mass is 16.3. The van der Waals surface area contributed by atoms with Crippen molar-refractivity contribution in [1.29, 1.82) is 0 Å². The molecule has 5 nitrogen and oxygen atoms in total. The van der Waals surface area contributed by atoms with E-state index < -0.39 is 11.8 Å². The van der Waals surface area contributed by atoms with Gasteiger partial charge < -0.3 is 15.7 Å². The van der Waals surface area contributed by atoms with Crippen LogP contribution in [0.2, 0.25) is 0 Å². The first-order valence-electron chi connectivity index (χ1n) is 4.49. The van der Waals surface area contributed by atoms with Gasteiger partial charge in [0.2, 0.25) is 0 Å². The fourth-order valence-corrected chi connectivity index (χ4v) is 0.959. The number of carbonyl (C=O) groups is 2. The highest BCUT2D eigenvalue weighted by Gasteiger charge is 2.11. The van der Waals surface area contributed by atoms with E-state index in [1.165, 1.54) is 0 Å². The molecule has 0 radical (unpaired) electrons. The lowest BCUT2D eigenvalue weighted by Crippen LogP contribution is -2.36. The molecule has 0 heterocycles. The maximum atomic E-state index is 11.2. The number of hydrogen-bond acceptors (Lipinski definition) is 3. The minimum Gasteiger partial charge on any atom is -0.395 e. The average molecular weight is 208 g/mol. The number of benzene rings is 1. The molecule has 3 N–H and O–H groups in total. The Hall–Kier alpha value is -1.88. The van der Waals surface area contributed by atoms with E-state index in [1.807, 2.05) is 6.07 Å². The normalized spacial score (nSPS) is 9.40. The number of aliphatic hydroxyl groups excluding tert-OH is 1. The van der Waals surface area contributed by atoms with E-state index in [2.05, 4.69) is 10.6 Å². The molecule has 0 aliphatic rings. The second-order valence-corrected chi connectivity index (χ2v) is 2.80. The van der Waals surface area contributed by atoms with Crippen LogP contribution in [0.3, 0.4) is 0 Å². The SMILES string of the molecule is O=C(NCCO)C(=O)Nc1ccccc1. The molecule has 2 amide bonds. The predicted octanol–water partition coefficient (Wildman–Crippen LogP) is -0.266. The van der Waals surface area contributed by atoms with Crippen molar-refractivity contribution in [3.05, 3.63) is 30.3 Å². The van der Waals surface area contributed by atoms with E-state index in [0.29, 0.717) is 5.69 Å². The second kappa shape index (κ2) is 5.77. The van der Waals surface area contributed by atoms with Crippen LogP contribution in [0.4, 0.5) is 5.69 Å². The zero-order valence-electron chi connectivity index (χ0n) is 8.06. The van der Waals surface area contributed by atoms with E-state index in [0.717, 1.165) is 0 Å². The first-order chi connectivity index (χ1) is 7.24. The molecule has 0 saturated heterocycles. The Labute approximate surface area is 87.1 Å². The smallest absolute Gasteiger partial charge is 0.313 e. The third-order valence-electron chi connectivity index (χ3n) is 1.64. The number of aliphatic hydroxyl groups is 1. The third-order valence-corrected chi connectivity index (χ3v) is 1.64. The molecule has 0 spiro atoms. The molecule has 5 heteroatoms. The van der Waals surface area contributed by atoms with E-state index in [1.54, 1.807) is 24.3 Å². The van der Waals surface area contributed by atoms with Gasteiger partial charge in [-0.3, -0.25) is 9.59 Å². The van der Waals surface area contributed by atoms with E-state index in [4.69, 9.17) is 5.11 Å². The van der Waals surface area contributed by atoms with Crippen molar-refractivity contribution < 1.29 is 14.7 Å². The molecule has 0 saturated carbocycles. The van der Waals surface area contributed by atoms with Crippen LogP contribution in [-0.2, 0) is 9.59 Å². The van der Waals surface area contributed by atoms with Crippen molar-refractivity contribution in [2.45, 2.75) is 0 Å². The molecule has 0 bridgehead atoms. The topological polar surface area (TPSA) is 78.4 Å². The van der Waals surface area contributed by atoms with Crippen molar-refractivity contribution in [1.82, 2.24) is 5.32 Å². The minimum atomic E-state index is -0.757. The summed E-state index contributed by atoms with van der Waals surface area (Å²) in [5.74, 6) is -1.50. The van der Waals surface area contributed by atoms with Crippen molar-refractivity contribution in [2.24, 2.45) is 0 Å². The van der Waals surface area contributed by atoms with Crippen LogP contribution in [0.1, 0.15) is 0 Å². The summed E-state index contributed by atoms with van der Waals surface area (Å²) in [7, 11) is 0. The Balaban J connectivity index is 2.45. The number of carbonyl (C=O) groups excluding carboxylic acids is 2. The van der Waals surface area contributed by atoms with Gasteiger partial charge in [-0.05, 0) is 12.1 Å². The summed E-state index contributed by atoms with van der Waals surface area (Å²) in [5.41, 5.74) is 0.557. The number of amides is 2. The van der Waals surface area contributed by atoms with Gasteiger partial charge in [-0.15, -0.1) is 0 Å². The second-order valence-electron chi connectivity index (χ2n) is 2.80. The molecule has 0 aromatic heterocycles. The number of nitrogens with one attached hydrogen (secondary N) is 2. The molecule has 0 atom stereocenters. The molecule has 80 valence electrons. The lowest BCUT2D eigenvalue weighted by molar-refractivity contribution is -0.136. The zero-order valence-corrected chi connectivity index (χ0v) is 8.06. The van der Waals surface area contributed by atoms with Gasteiger partial charge in [0.25, 0.3) is 0 Å². The van der Waals surface area contributed by atoms with Gasteiger partial charge >= 0.3 is 11.8 Å². The first kappa shape index (κ1) is 11.2. The molecule has 15 heavy (non-hydrogen) atoms. The predicted molar refractivity (Wildman–Crippen MR) is 55.2 cm³/mol. The van der Waals surface area contributed by atoms with Crippen LogP contribution < -0.4 is 10.6 Å². The summed E-state index contributed by atoms with van der Waals surface area (Å²) in [6.45, 7) is -0.120. The fourth-order valence-electron chi connectivity index (χ4n) is 0.959. The third kappa shape index (κ3) is 3.78. The summed E-state index contributed by atoms with van der Waals surface area (Å²) in [6, 6.07) is 8.67. The maximum Gasteiger partial charge on any atom is 0.313 e. The monoisotopic (exact) mass is 208 g/mol. The van der Waals surface area contributed by atoms with Gasteiger partial charge in [-0.1, -0.05) is 18.2 Å². The molecule has 0 unspecified atom stereocenters. The number of para-hydroxylation sites is 1. The molecular weight excluding hydrogens is 196 g/mol. The molecule has 1 rings (SSSR count). The first-order valence-corrected chi connectivity index (χ1v) is 4.49. The summed E-state index contributed by atoms with van der Waals surface area (Å²) in [5, 5.41) is 13.1. The lowest BCUT2D eigenvalue weighted by atomic mass is 10.3. The standard InChI is InChI=1S/C10H12N2O3/c13-7-6-11-9(14)10(15)12-8-4-2-1-3-5-8/h1-5,13H,6-7H2,(H,11,14)(H,12,15). The van der Waals surface area contributed by atoms with Crippen LogP contribution in [-0.4, -0.2) is 30.1 Å². The quantitative estimate of drug-likeness (QED) is 0.598. The average Bonchev–Trinajstić information content (AvgIpc) is 2.27. The minimum absolute atomic E-state index is 0.0705. The largest absolute Gasteiger partial charge is 0.395 e. The maximum absolute atomic E-state index is 11.2. The van der Waals surface area contributed by atoms with Gasteiger partial charge in [-0.2, -0.15) is 0 Å². The summed E-state index contributed by atoms with van der Waals surface area (Å²) in [4.78, 5) is 22.3. The molecule has 0 aliphatic carbocycles. The Kier molecular flexibility index (Phi) is 4.30. The van der Waals surface area contributed by atoms with Crippen molar-refractivity contribution in [3.63, 3.8) is 0 Å². The van der Waals surface area contributed by atoms with Crippen molar-refractivity contribution in [3.8, 4) is 0 Å². The highest BCUT2D eigenvalue weighted by Crippen LogP contribution is 2.03. The van der Waals surface area contributed by atoms with E-state index in [9.17, 15) is 9.59 Å². The van der Waals surface area contributed by atoms with Crippen LogP contribution in [0.15, 0.2) is 30.3 Å². The van der Waals surface area contributed by atoms with Crippen LogP contribution in [0.5, 0.6) is 0 Å². The van der Waals surface area contributed by atoms with Crippen LogP contribution in [0.25, 0.3) is 0 Å². The van der Waals surface area contributed by atoms with Gasteiger partial charge in [-0.25, -0.2) is 0 Å². The Morgan fingerprint density at radius 3 is 2.40 bits per heavy atom. The van der Waals surface area contributed by atoms with Crippen molar-refractivity contribution in [2.75, 3.05) is 18.5 Å². The Morgan fingerprint density at radius 1 is 1.13 bits per heavy atom. The van der Waals surface area contributed by atoms with Gasteiger partial charge in [0.1, 0.15) is 0 Å². The fraction of sp³-hybridized carbons (Fsp3) is 0.200. The van der Waals surface area contributed by atoms with Gasteiger partial charge in [0.05, 0.1) is 6.61 Å².